The molecule has 2 aliphatic rings. The van der Waals surface area contributed by atoms with E-state index >= 15 is 0 Å². The maximum atomic E-state index is 13.3. The number of rotatable bonds is 5. The van der Waals surface area contributed by atoms with Gasteiger partial charge in [-0.1, -0.05) is 32.9 Å². The Balaban J connectivity index is 1.51. The normalized spacial score (nSPS) is 13.7. The first-order chi connectivity index (χ1) is 17.8. The molecule has 0 radical (unpaired) electrons. The van der Waals surface area contributed by atoms with Crippen LogP contribution in [-0.4, -0.2) is 35.9 Å². The molecule has 0 saturated carbocycles. The Hall–Kier alpha value is -3.78. The molecule has 0 aliphatic carbocycles. The van der Waals surface area contributed by atoms with Gasteiger partial charge in [0, 0.05) is 24.2 Å². The van der Waals surface area contributed by atoms with E-state index in [1.165, 1.54) is 5.56 Å². The first kappa shape index (κ1) is 23.6. The fourth-order valence-corrected chi connectivity index (χ4v) is 5.58. The number of thiophene rings is 1. The molecule has 1 amide bonds. The molecule has 37 heavy (non-hydrogen) atoms. The lowest BCUT2D eigenvalue weighted by atomic mass is 9.91. The van der Waals surface area contributed by atoms with E-state index in [0.717, 1.165) is 56.6 Å². The van der Waals surface area contributed by atoms with Gasteiger partial charge < -0.3 is 24.1 Å². The highest BCUT2D eigenvalue weighted by Gasteiger charge is 2.30. The van der Waals surface area contributed by atoms with Crippen molar-refractivity contribution in [2.45, 2.75) is 33.7 Å². The number of hydrogen-bond acceptors (Lipinski definition) is 6. The molecule has 4 aromatic rings. The van der Waals surface area contributed by atoms with Crippen LogP contribution in [0.25, 0.3) is 33.0 Å². The van der Waals surface area contributed by atoms with Crippen LogP contribution in [0, 0.1) is 5.41 Å². The number of ether oxygens (including phenoxy) is 3. The molecular weight excluding hydrogens is 486 g/mol. The summed E-state index contributed by atoms with van der Waals surface area (Å²) >= 11 is 1.63. The van der Waals surface area contributed by atoms with Crippen LogP contribution in [0.4, 0.5) is 0 Å². The molecule has 2 aromatic heterocycles. The predicted molar refractivity (Wildman–Crippen MR) is 145 cm³/mol. The summed E-state index contributed by atoms with van der Waals surface area (Å²) < 4.78 is 19.0. The number of benzene rings is 2. The molecule has 6 rings (SSSR count). The van der Waals surface area contributed by atoms with E-state index in [4.69, 9.17) is 19.2 Å². The van der Waals surface area contributed by atoms with Crippen LogP contribution in [0.15, 0.2) is 47.8 Å². The van der Waals surface area contributed by atoms with Gasteiger partial charge in [0.1, 0.15) is 11.4 Å². The molecule has 2 aromatic carbocycles. The summed E-state index contributed by atoms with van der Waals surface area (Å²) in [6.07, 6.45) is 0.778. The summed E-state index contributed by atoms with van der Waals surface area (Å²) in [4.78, 5) is 19.3. The quantitative estimate of drug-likeness (QED) is 0.352. The van der Waals surface area contributed by atoms with E-state index in [2.05, 4.69) is 48.9 Å². The lowest BCUT2D eigenvalue weighted by molar-refractivity contribution is 0.0924. The minimum Gasteiger partial charge on any atom is -0.496 e. The summed E-state index contributed by atoms with van der Waals surface area (Å²) in [6, 6.07) is 14.3. The molecule has 0 saturated heterocycles. The SMILES string of the molecule is COc1cc2c(cc1-c1ccc3c(c1)OCO3)-c1c(-c3cccs3)nc(C(=O)NCC(C)(C)C)n1CC2. The molecule has 1 N–H and O–H groups in total. The van der Waals surface area contributed by atoms with Crippen LogP contribution in [0.5, 0.6) is 17.2 Å². The van der Waals surface area contributed by atoms with E-state index in [1.807, 2.05) is 29.6 Å². The number of aryl methyl sites for hydroxylation is 1. The van der Waals surface area contributed by atoms with Gasteiger partial charge in [0.25, 0.3) is 5.91 Å². The number of methoxy groups -OCH3 is 1. The van der Waals surface area contributed by atoms with Crippen LogP contribution in [0.3, 0.4) is 0 Å². The summed E-state index contributed by atoms with van der Waals surface area (Å²) in [6.45, 7) is 7.78. The summed E-state index contributed by atoms with van der Waals surface area (Å²) in [5.74, 6) is 2.57. The first-order valence-electron chi connectivity index (χ1n) is 12.4. The molecule has 8 heteroatoms. The van der Waals surface area contributed by atoms with Crippen molar-refractivity contribution in [1.82, 2.24) is 14.9 Å². The molecule has 7 nitrogen and oxygen atoms in total. The van der Waals surface area contributed by atoms with Crippen LogP contribution in [-0.2, 0) is 13.0 Å². The van der Waals surface area contributed by atoms with Crippen LogP contribution < -0.4 is 19.5 Å². The van der Waals surface area contributed by atoms with Crippen LogP contribution in [0.1, 0.15) is 37.0 Å². The average molecular weight is 516 g/mol. The number of aromatic nitrogens is 2. The third-order valence-corrected chi connectivity index (χ3v) is 7.55. The molecule has 4 heterocycles. The summed E-state index contributed by atoms with van der Waals surface area (Å²) in [5, 5.41) is 5.12. The highest BCUT2D eigenvalue weighted by Crippen LogP contribution is 2.45. The maximum Gasteiger partial charge on any atom is 0.287 e. The molecule has 0 fully saturated rings. The van der Waals surface area contributed by atoms with E-state index in [1.54, 1.807) is 18.4 Å². The first-order valence-corrected chi connectivity index (χ1v) is 13.2. The zero-order valence-corrected chi connectivity index (χ0v) is 22.2. The monoisotopic (exact) mass is 515 g/mol. The Morgan fingerprint density at radius 1 is 1.14 bits per heavy atom. The van der Waals surface area contributed by atoms with Gasteiger partial charge in [-0.25, -0.2) is 4.98 Å². The number of nitrogens with one attached hydrogen (secondary N) is 1. The molecule has 2 aliphatic heterocycles. The van der Waals surface area contributed by atoms with Gasteiger partial charge in [0.05, 0.1) is 17.7 Å². The highest BCUT2D eigenvalue weighted by atomic mass is 32.1. The van der Waals surface area contributed by atoms with Crippen LogP contribution in [0.2, 0.25) is 0 Å². The Morgan fingerprint density at radius 3 is 2.73 bits per heavy atom. The fourth-order valence-electron chi connectivity index (χ4n) is 4.87. The minimum atomic E-state index is -0.146. The van der Waals surface area contributed by atoms with Gasteiger partial charge in [-0.15, -0.1) is 11.3 Å². The third-order valence-electron chi connectivity index (χ3n) is 6.67. The van der Waals surface area contributed by atoms with Gasteiger partial charge in [0.15, 0.2) is 17.3 Å². The second-order valence-electron chi connectivity index (χ2n) is 10.5. The van der Waals surface area contributed by atoms with E-state index in [9.17, 15) is 4.79 Å². The number of nitrogens with zero attached hydrogens (tertiary/aromatic N) is 2. The van der Waals surface area contributed by atoms with Crippen molar-refractivity contribution in [2.24, 2.45) is 5.41 Å². The highest BCUT2D eigenvalue weighted by molar-refractivity contribution is 7.13. The second-order valence-corrected chi connectivity index (χ2v) is 11.5. The zero-order chi connectivity index (χ0) is 25.7. The van der Waals surface area contributed by atoms with Crippen molar-refractivity contribution in [3.63, 3.8) is 0 Å². The molecule has 190 valence electrons. The molecule has 0 atom stereocenters. The van der Waals surface area contributed by atoms with E-state index in [-0.39, 0.29) is 18.1 Å². The minimum absolute atomic E-state index is 0.0216. The number of carbonyl (C=O) groups excluding carboxylic acids is 1. The standard InChI is InChI=1S/C29H29N3O4S/c1-29(2,3)15-30-28(33)27-31-25(24-6-5-11-37-24)26-20-14-19(17-7-8-21-23(13-17)36-16-35-21)22(34-4)12-18(20)9-10-32(26)27/h5-8,11-14H,9-10,15-16H2,1-4H3,(H,30,33). The Kier molecular flexibility index (Phi) is 5.71. The fraction of sp³-hybridized carbons (Fsp3) is 0.310. The van der Waals surface area contributed by atoms with Gasteiger partial charge in [-0.3, -0.25) is 4.79 Å². The van der Waals surface area contributed by atoms with Gasteiger partial charge >= 0.3 is 0 Å². The largest absolute Gasteiger partial charge is 0.496 e. The van der Waals surface area contributed by atoms with Crippen molar-refractivity contribution in [3.05, 3.63) is 59.2 Å². The summed E-state index contributed by atoms with van der Waals surface area (Å²) in [5.41, 5.74) is 5.93. The molecular formula is C29H29N3O4S. The number of hydrogen-bond donors (Lipinski definition) is 1. The number of carbonyl (C=O) groups is 1. The number of imidazole rings is 1. The molecule has 0 spiro atoms. The topological polar surface area (TPSA) is 74.6 Å². The molecule has 0 unspecified atom stereocenters. The van der Waals surface area contributed by atoms with E-state index < -0.39 is 0 Å². The predicted octanol–water partition coefficient (Wildman–Crippen LogP) is 6.01. The van der Waals surface area contributed by atoms with Gasteiger partial charge in [-0.2, -0.15) is 0 Å². The van der Waals surface area contributed by atoms with Crippen molar-refractivity contribution in [3.8, 4) is 50.2 Å². The zero-order valence-electron chi connectivity index (χ0n) is 21.4. The Morgan fingerprint density at radius 2 is 1.97 bits per heavy atom. The smallest absolute Gasteiger partial charge is 0.287 e. The van der Waals surface area contributed by atoms with Gasteiger partial charge in [-0.05, 0) is 58.7 Å². The number of fused-ring (bicyclic) bond motifs is 4. The Labute approximate surface area is 220 Å². The van der Waals surface area contributed by atoms with Crippen molar-refractivity contribution < 1.29 is 19.0 Å². The summed E-state index contributed by atoms with van der Waals surface area (Å²) in [7, 11) is 1.69. The Bertz CT molecular complexity index is 1500. The van der Waals surface area contributed by atoms with Crippen molar-refractivity contribution in [1.29, 1.82) is 0 Å². The van der Waals surface area contributed by atoms with Gasteiger partial charge in [0.2, 0.25) is 6.79 Å². The molecule has 0 bridgehead atoms. The second kappa shape index (κ2) is 8.95. The maximum absolute atomic E-state index is 13.3. The lowest BCUT2D eigenvalue weighted by Gasteiger charge is -2.24. The van der Waals surface area contributed by atoms with Crippen LogP contribution >= 0.6 is 11.3 Å². The number of amides is 1. The van der Waals surface area contributed by atoms with Crippen molar-refractivity contribution in [2.75, 3.05) is 20.4 Å². The average Bonchev–Trinajstić information content (AvgIpc) is 3.64. The third kappa shape index (κ3) is 4.25. The lowest BCUT2D eigenvalue weighted by Crippen LogP contribution is -2.34. The van der Waals surface area contributed by atoms with E-state index in [0.29, 0.717) is 18.9 Å². The van der Waals surface area contributed by atoms with Crippen molar-refractivity contribution >= 4 is 17.2 Å².